The van der Waals surface area contributed by atoms with Gasteiger partial charge in [-0.05, 0) is 18.6 Å². The van der Waals surface area contributed by atoms with Crippen LogP contribution in [0.4, 0.5) is 11.4 Å². The molecule has 0 radical (unpaired) electrons. The first-order valence-electron chi connectivity index (χ1n) is 6.66. The molecule has 0 saturated heterocycles. The number of alkyl halides is 1. The zero-order valence-electron chi connectivity index (χ0n) is 11.3. The molecular weight excluding hydrogens is 318 g/mol. The lowest BCUT2D eigenvalue weighted by molar-refractivity contribution is -0.118. The topological polar surface area (TPSA) is 35.9 Å². The monoisotopic (exact) mass is 333 g/mol. The number of halogens is 1. The van der Waals surface area contributed by atoms with Crippen molar-refractivity contribution in [2.24, 2.45) is 4.99 Å². The zero-order chi connectivity index (χ0) is 14.3. The van der Waals surface area contributed by atoms with Gasteiger partial charge in [0, 0.05) is 11.4 Å². The molecule has 0 spiro atoms. The van der Waals surface area contributed by atoms with E-state index in [4.69, 9.17) is 0 Å². The summed E-state index contributed by atoms with van der Waals surface area (Å²) < 4.78 is 0. The molecule has 104 valence electrons. The van der Waals surface area contributed by atoms with Crippen LogP contribution in [0.25, 0.3) is 0 Å². The van der Waals surface area contributed by atoms with Crippen molar-refractivity contribution in [1.29, 1.82) is 0 Å². The van der Waals surface area contributed by atoms with E-state index < -0.39 is 0 Å². The van der Waals surface area contributed by atoms with Crippen LogP contribution in [0.5, 0.6) is 0 Å². The molecule has 0 aliphatic carbocycles. The normalized spacial score (nSPS) is 21.6. The van der Waals surface area contributed by atoms with Crippen molar-refractivity contribution >= 4 is 39.2 Å². The van der Waals surface area contributed by atoms with Gasteiger partial charge in [-0.3, -0.25) is 9.69 Å². The maximum Gasteiger partial charge on any atom is 0.272 e. The molecule has 1 amide bonds. The Labute approximate surface area is 126 Å². The Balaban J connectivity index is 2.05. The van der Waals surface area contributed by atoms with Crippen LogP contribution < -0.4 is 9.80 Å². The van der Waals surface area contributed by atoms with Crippen LogP contribution in [0, 0.1) is 0 Å². The number of anilines is 2. The van der Waals surface area contributed by atoms with Crippen LogP contribution >= 0.6 is 15.9 Å². The molecule has 20 heavy (non-hydrogen) atoms. The molecule has 2 atom stereocenters. The SMILES string of the molecule is C=CCN1C2=NC(=O)C(CC(C)Br)N2c2ccccc21. The Bertz CT molecular complexity index is 597. The van der Waals surface area contributed by atoms with E-state index in [-0.39, 0.29) is 16.8 Å². The number of amides is 1. The van der Waals surface area contributed by atoms with Crippen LogP contribution in [-0.2, 0) is 4.79 Å². The van der Waals surface area contributed by atoms with Crippen molar-refractivity contribution in [1.82, 2.24) is 0 Å². The minimum absolute atomic E-state index is 0.0603. The molecule has 0 N–H and O–H groups in total. The van der Waals surface area contributed by atoms with Gasteiger partial charge in [-0.15, -0.1) is 6.58 Å². The molecule has 2 aliphatic heterocycles. The Kier molecular flexibility index (Phi) is 3.38. The minimum atomic E-state index is -0.213. The predicted octanol–water partition coefficient (Wildman–Crippen LogP) is 2.94. The van der Waals surface area contributed by atoms with Gasteiger partial charge in [-0.25, -0.2) is 0 Å². The van der Waals surface area contributed by atoms with Gasteiger partial charge in [0.25, 0.3) is 5.91 Å². The summed E-state index contributed by atoms with van der Waals surface area (Å²) in [5.41, 5.74) is 2.14. The average molecular weight is 334 g/mol. The summed E-state index contributed by atoms with van der Waals surface area (Å²) >= 11 is 3.54. The van der Waals surface area contributed by atoms with Crippen LogP contribution in [-0.4, -0.2) is 29.3 Å². The van der Waals surface area contributed by atoms with Gasteiger partial charge >= 0.3 is 0 Å². The molecule has 2 unspecified atom stereocenters. The van der Waals surface area contributed by atoms with Crippen LogP contribution in [0.15, 0.2) is 41.9 Å². The summed E-state index contributed by atoms with van der Waals surface area (Å²) in [6, 6.07) is 7.87. The van der Waals surface area contributed by atoms with Crippen molar-refractivity contribution in [2.75, 3.05) is 16.3 Å². The number of hydrogen-bond acceptors (Lipinski definition) is 3. The number of carbonyl (C=O) groups is 1. The van der Waals surface area contributed by atoms with E-state index in [1.54, 1.807) is 0 Å². The van der Waals surface area contributed by atoms with E-state index in [2.05, 4.69) is 45.4 Å². The van der Waals surface area contributed by atoms with Crippen molar-refractivity contribution < 1.29 is 4.79 Å². The summed E-state index contributed by atoms with van der Waals surface area (Å²) in [5, 5.41) is 0. The third-order valence-electron chi connectivity index (χ3n) is 3.56. The smallest absolute Gasteiger partial charge is 0.272 e. The van der Waals surface area contributed by atoms with Gasteiger partial charge in [-0.2, -0.15) is 4.99 Å². The van der Waals surface area contributed by atoms with Gasteiger partial charge in [0.2, 0.25) is 5.96 Å². The number of guanidine groups is 1. The van der Waals surface area contributed by atoms with E-state index in [9.17, 15) is 4.79 Å². The fourth-order valence-corrected chi connectivity index (χ4v) is 3.12. The molecule has 1 aromatic rings. The number of para-hydroxylation sites is 2. The third kappa shape index (κ3) is 1.97. The highest BCUT2D eigenvalue weighted by Gasteiger charge is 2.44. The summed E-state index contributed by atoms with van der Waals surface area (Å²) in [7, 11) is 0. The Hall–Kier alpha value is -1.62. The highest BCUT2D eigenvalue weighted by molar-refractivity contribution is 9.09. The standard InChI is InChI=1S/C15H16BrN3O/c1-3-8-18-11-6-4-5-7-12(11)19-13(9-10(2)16)14(20)17-15(18)19/h3-7,10,13H,1,8-9H2,2H3. The van der Waals surface area contributed by atoms with Crippen molar-refractivity contribution in [3.63, 3.8) is 0 Å². The lowest BCUT2D eigenvalue weighted by Crippen LogP contribution is -2.42. The van der Waals surface area contributed by atoms with Crippen LogP contribution in [0.3, 0.4) is 0 Å². The summed E-state index contributed by atoms with van der Waals surface area (Å²) in [4.78, 5) is 20.8. The largest absolute Gasteiger partial charge is 0.306 e. The van der Waals surface area contributed by atoms with Crippen molar-refractivity contribution in [3.05, 3.63) is 36.9 Å². The van der Waals surface area contributed by atoms with Gasteiger partial charge < -0.3 is 4.90 Å². The molecule has 5 heteroatoms. The van der Waals surface area contributed by atoms with Gasteiger partial charge in [-0.1, -0.05) is 41.1 Å². The second kappa shape index (κ2) is 5.05. The Morgan fingerprint density at radius 1 is 1.45 bits per heavy atom. The van der Waals surface area contributed by atoms with E-state index in [1.165, 1.54) is 0 Å². The molecule has 2 heterocycles. The third-order valence-corrected chi connectivity index (χ3v) is 3.93. The molecule has 0 aromatic heterocycles. The lowest BCUT2D eigenvalue weighted by atomic mass is 10.1. The highest BCUT2D eigenvalue weighted by atomic mass is 79.9. The van der Waals surface area contributed by atoms with Gasteiger partial charge in [0.15, 0.2) is 0 Å². The predicted molar refractivity (Wildman–Crippen MR) is 85.7 cm³/mol. The van der Waals surface area contributed by atoms with E-state index in [0.717, 1.165) is 23.8 Å². The fraction of sp³-hybridized carbons (Fsp3) is 0.333. The summed E-state index contributed by atoms with van der Waals surface area (Å²) in [6.45, 7) is 6.49. The quantitative estimate of drug-likeness (QED) is 0.627. The van der Waals surface area contributed by atoms with Gasteiger partial charge in [0.1, 0.15) is 6.04 Å². The molecule has 0 saturated carbocycles. The summed E-state index contributed by atoms with van der Waals surface area (Å²) in [6.07, 6.45) is 2.57. The van der Waals surface area contributed by atoms with E-state index in [1.807, 2.05) is 29.2 Å². The zero-order valence-corrected chi connectivity index (χ0v) is 12.9. The fourth-order valence-electron chi connectivity index (χ4n) is 2.77. The van der Waals surface area contributed by atoms with E-state index in [0.29, 0.717) is 6.54 Å². The first-order chi connectivity index (χ1) is 9.63. The molecule has 4 nitrogen and oxygen atoms in total. The van der Waals surface area contributed by atoms with E-state index >= 15 is 0 Å². The molecule has 3 rings (SSSR count). The number of fused-ring (bicyclic) bond motifs is 3. The first-order valence-corrected chi connectivity index (χ1v) is 7.58. The Morgan fingerprint density at radius 3 is 2.80 bits per heavy atom. The molecular formula is C15H16BrN3O. The average Bonchev–Trinajstić information content (AvgIpc) is 2.87. The molecule has 2 aliphatic rings. The first kappa shape index (κ1) is 13.4. The van der Waals surface area contributed by atoms with Crippen molar-refractivity contribution in [2.45, 2.75) is 24.2 Å². The van der Waals surface area contributed by atoms with Crippen molar-refractivity contribution in [3.8, 4) is 0 Å². The number of nitrogens with zero attached hydrogens (tertiary/aromatic N) is 3. The highest BCUT2D eigenvalue weighted by Crippen LogP contribution is 2.41. The second-order valence-corrected chi connectivity index (χ2v) is 6.60. The Morgan fingerprint density at radius 2 is 2.15 bits per heavy atom. The second-order valence-electron chi connectivity index (χ2n) is 5.04. The minimum Gasteiger partial charge on any atom is -0.306 e. The molecule has 1 aromatic carbocycles. The lowest BCUT2D eigenvalue weighted by Gasteiger charge is -2.23. The van der Waals surface area contributed by atoms with Crippen LogP contribution in [0.2, 0.25) is 0 Å². The number of aliphatic imine (C=N–C) groups is 1. The number of hydrogen-bond donors (Lipinski definition) is 0. The number of carbonyl (C=O) groups excluding carboxylic acids is 1. The van der Waals surface area contributed by atoms with Gasteiger partial charge in [0.05, 0.1) is 11.4 Å². The number of rotatable bonds is 4. The van der Waals surface area contributed by atoms with Crippen LogP contribution in [0.1, 0.15) is 13.3 Å². The molecule has 0 bridgehead atoms. The maximum atomic E-state index is 12.2. The maximum absolute atomic E-state index is 12.2. The number of benzene rings is 1. The summed E-state index contributed by atoms with van der Waals surface area (Å²) in [5.74, 6) is 0.670. The molecule has 0 fully saturated rings.